The van der Waals surface area contributed by atoms with E-state index in [0.717, 1.165) is 10.7 Å². The van der Waals surface area contributed by atoms with Gasteiger partial charge < -0.3 is 5.11 Å². The molecular weight excluding hydrogens is 222 g/mol. The highest BCUT2D eigenvalue weighted by Crippen LogP contribution is 2.34. The van der Waals surface area contributed by atoms with Crippen LogP contribution in [0.25, 0.3) is 0 Å². The van der Waals surface area contributed by atoms with E-state index in [-0.39, 0.29) is 0 Å². The molecule has 1 atom stereocenters. The van der Waals surface area contributed by atoms with Gasteiger partial charge in [0.05, 0.1) is 5.69 Å². The number of carboxylic acid groups (broad SMARTS) is 1. The maximum atomic E-state index is 10.9. The van der Waals surface area contributed by atoms with Crippen LogP contribution in [0.4, 0.5) is 0 Å². The van der Waals surface area contributed by atoms with Gasteiger partial charge in [-0.25, -0.2) is 4.98 Å². The van der Waals surface area contributed by atoms with Crippen LogP contribution in [-0.2, 0) is 4.79 Å². The molecule has 1 aliphatic carbocycles. The van der Waals surface area contributed by atoms with Gasteiger partial charge in [-0.2, -0.15) is 0 Å². The molecular formula is C12H17NO2S. The summed E-state index contributed by atoms with van der Waals surface area (Å²) in [5.41, 5.74) is 1.12. The molecule has 0 spiro atoms. The van der Waals surface area contributed by atoms with Crippen molar-refractivity contribution in [3.8, 4) is 0 Å². The van der Waals surface area contributed by atoms with Gasteiger partial charge in [0.2, 0.25) is 0 Å². The van der Waals surface area contributed by atoms with Crippen molar-refractivity contribution < 1.29 is 9.90 Å². The van der Waals surface area contributed by atoms with Crippen molar-refractivity contribution in [2.24, 2.45) is 0 Å². The molecule has 88 valence electrons. The van der Waals surface area contributed by atoms with Gasteiger partial charge >= 0.3 is 5.97 Å². The van der Waals surface area contributed by atoms with Crippen molar-refractivity contribution >= 4 is 17.3 Å². The van der Waals surface area contributed by atoms with Crippen LogP contribution in [0, 0.1) is 0 Å². The third-order valence-electron chi connectivity index (χ3n) is 3.30. The molecule has 1 saturated carbocycles. The summed E-state index contributed by atoms with van der Waals surface area (Å²) < 4.78 is 0. The zero-order chi connectivity index (χ0) is 11.5. The lowest BCUT2D eigenvalue weighted by Crippen LogP contribution is -2.08. The molecule has 16 heavy (non-hydrogen) atoms. The second kappa shape index (κ2) is 4.95. The number of nitrogens with zero attached hydrogens (tertiary/aromatic N) is 1. The smallest absolute Gasteiger partial charge is 0.313 e. The topological polar surface area (TPSA) is 50.2 Å². The van der Waals surface area contributed by atoms with Gasteiger partial charge in [-0.1, -0.05) is 19.3 Å². The number of carboxylic acids is 1. The largest absolute Gasteiger partial charge is 0.481 e. The third kappa shape index (κ3) is 2.43. The predicted octanol–water partition coefficient (Wildman–Crippen LogP) is 3.38. The Labute approximate surface area is 99.5 Å². The molecule has 1 fully saturated rings. The minimum absolute atomic E-state index is 0.470. The van der Waals surface area contributed by atoms with E-state index in [1.54, 1.807) is 6.92 Å². The molecule has 4 heteroatoms. The van der Waals surface area contributed by atoms with Crippen molar-refractivity contribution in [3.63, 3.8) is 0 Å². The number of hydrogen-bond acceptors (Lipinski definition) is 3. The van der Waals surface area contributed by atoms with E-state index in [1.165, 1.54) is 43.4 Å². The van der Waals surface area contributed by atoms with E-state index in [9.17, 15) is 4.79 Å². The van der Waals surface area contributed by atoms with E-state index in [4.69, 9.17) is 5.11 Å². The van der Waals surface area contributed by atoms with E-state index >= 15 is 0 Å². The summed E-state index contributed by atoms with van der Waals surface area (Å²) in [5.74, 6) is -0.688. The Balaban J connectivity index is 2.09. The summed E-state index contributed by atoms with van der Waals surface area (Å²) >= 11 is 1.49. The quantitative estimate of drug-likeness (QED) is 0.879. The van der Waals surface area contributed by atoms with Crippen molar-refractivity contribution in [1.29, 1.82) is 0 Å². The Kier molecular flexibility index (Phi) is 3.59. The zero-order valence-electron chi connectivity index (χ0n) is 9.48. The molecule has 1 aromatic heterocycles. The average molecular weight is 239 g/mol. The van der Waals surface area contributed by atoms with Crippen molar-refractivity contribution in [2.45, 2.75) is 50.9 Å². The molecule has 1 aliphatic rings. The van der Waals surface area contributed by atoms with Crippen molar-refractivity contribution in [2.75, 3.05) is 0 Å². The van der Waals surface area contributed by atoms with E-state index in [2.05, 4.69) is 4.98 Å². The van der Waals surface area contributed by atoms with Crippen molar-refractivity contribution in [1.82, 2.24) is 4.98 Å². The van der Waals surface area contributed by atoms with Gasteiger partial charge in [-0.15, -0.1) is 11.3 Å². The molecule has 1 N–H and O–H groups in total. The van der Waals surface area contributed by atoms with Gasteiger partial charge in [0, 0.05) is 11.3 Å². The number of thiazole rings is 1. The van der Waals surface area contributed by atoms with Crippen LogP contribution in [0.5, 0.6) is 0 Å². The van der Waals surface area contributed by atoms with Crippen LogP contribution in [0.15, 0.2) is 5.38 Å². The first-order valence-corrected chi connectivity index (χ1v) is 6.74. The lowest BCUT2D eigenvalue weighted by molar-refractivity contribution is -0.138. The van der Waals surface area contributed by atoms with Crippen LogP contribution < -0.4 is 0 Å². The lowest BCUT2D eigenvalue weighted by atomic mass is 9.87. The minimum atomic E-state index is -0.787. The van der Waals surface area contributed by atoms with Crippen LogP contribution in [-0.4, -0.2) is 16.1 Å². The molecule has 1 unspecified atom stereocenters. The normalized spacial score (nSPS) is 19.6. The maximum absolute atomic E-state index is 10.9. The van der Waals surface area contributed by atoms with Gasteiger partial charge in [0.15, 0.2) is 0 Å². The van der Waals surface area contributed by atoms with Gasteiger partial charge in [-0.05, 0) is 19.8 Å². The summed E-state index contributed by atoms with van der Waals surface area (Å²) in [4.78, 5) is 15.3. The fourth-order valence-electron chi connectivity index (χ4n) is 2.19. The second-order valence-electron chi connectivity index (χ2n) is 4.51. The zero-order valence-corrected chi connectivity index (χ0v) is 10.3. The van der Waals surface area contributed by atoms with Crippen LogP contribution in [0.1, 0.15) is 61.6 Å². The molecule has 0 aromatic carbocycles. The SMILES string of the molecule is CC(C(=O)O)c1nc(C2CCCCC2)cs1. The highest BCUT2D eigenvalue weighted by atomic mass is 32.1. The fourth-order valence-corrected chi connectivity index (χ4v) is 3.14. The standard InChI is InChI=1S/C12H17NO2S/c1-8(12(14)15)11-13-10(7-16-11)9-5-3-2-4-6-9/h7-9H,2-6H2,1H3,(H,14,15). The highest BCUT2D eigenvalue weighted by Gasteiger charge is 2.22. The Bertz CT molecular complexity index is 369. The third-order valence-corrected chi connectivity index (χ3v) is 4.35. The lowest BCUT2D eigenvalue weighted by Gasteiger charge is -2.19. The Morgan fingerprint density at radius 1 is 1.50 bits per heavy atom. The summed E-state index contributed by atoms with van der Waals surface area (Å²) in [7, 11) is 0. The molecule has 0 radical (unpaired) electrons. The molecule has 0 bridgehead atoms. The number of aliphatic carboxylic acids is 1. The molecule has 0 saturated heterocycles. The molecule has 2 rings (SSSR count). The maximum Gasteiger partial charge on any atom is 0.313 e. The minimum Gasteiger partial charge on any atom is -0.481 e. The van der Waals surface area contributed by atoms with E-state index < -0.39 is 11.9 Å². The molecule has 3 nitrogen and oxygen atoms in total. The summed E-state index contributed by atoms with van der Waals surface area (Å²) in [6.07, 6.45) is 6.33. The van der Waals surface area contributed by atoms with Crippen LogP contribution >= 0.6 is 11.3 Å². The second-order valence-corrected chi connectivity index (χ2v) is 5.40. The molecule has 1 heterocycles. The van der Waals surface area contributed by atoms with Crippen LogP contribution in [0.3, 0.4) is 0 Å². The van der Waals surface area contributed by atoms with E-state index in [0.29, 0.717) is 5.92 Å². The molecule has 0 aliphatic heterocycles. The van der Waals surface area contributed by atoms with E-state index in [1.807, 2.05) is 5.38 Å². The van der Waals surface area contributed by atoms with Gasteiger partial charge in [0.1, 0.15) is 10.9 Å². The van der Waals surface area contributed by atoms with Crippen LogP contribution in [0.2, 0.25) is 0 Å². The average Bonchev–Trinajstić information content (AvgIpc) is 2.78. The fraction of sp³-hybridized carbons (Fsp3) is 0.667. The Hall–Kier alpha value is -0.900. The molecule has 0 amide bonds. The summed E-state index contributed by atoms with van der Waals surface area (Å²) in [5, 5.41) is 11.7. The Morgan fingerprint density at radius 2 is 2.19 bits per heavy atom. The predicted molar refractivity (Wildman–Crippen MR) is 64.0 cm³/mol. The van der Waals surface area contributed by atoms with Crippen molar-refractivity contribution in [3.05, 3.63) is 16.1 Å². The molecule has 1 aromatic rings. The highest BCUT2D eigenvalue weighted by molar-refractivity contribution is 7.09. The monoisotopic (exact) mass is 239 g/mol. The number of hydrogen-bond donors (Lipinski definition) is 1. The summed E-state index contributed by atoms with van der Waals surface area (Å²) in [6.45, 7) is 1.70. The van der Waals surface area contributed by atoms with Gasteiger partial charge in [-0.3, -0.25) is 4.79 Å². The van der Waals surface area contributed by atoms with Gasteiger partial charge in [0.25, 0.3) is 0 Å². The number of aromatic nitrogens is 1. The Morgan fingerprint density at radius 3 is 2.81 bits per heavy atom. The number of rotatable bonds is 3. The first-order chi connectivity index (χ1) is 7.68. The first kappa shape index (κ1) is 11.6. The number of carbonyl (C=O) groups is 1. The summed E-state index contributed by atoms with van der Waals surface area (Å²) in [6, 6.07) is 0. The first-order valence-electron chi connectivity index (χ1n) is 5.86.